The fraction of sp³-hybridized carbons (Fsp3) is 0.167. The van der Waals surface area contributed by atoms with Gasteiger partial charge in [0.1, 0.15) is 6.33 Å². The van der Waals surface area contributed by atoms with Crippen LogP contribution in [0.5, 0.6) is 0 Å². The number of carbonyl (C=O) groups is 1. The molecule has 0 radical (unpaired) electrons. The average Bonchev–Trinajstić information content (AvgIpc) is 3.17. The molecule has 0 unspecified atom stereocenters. The van der Waals surface area contributed by atoms with Gasteiger partial charge < -0.3 is 14.3 Å². The first-order valence-corrected chi connectivity index (χ1v) is 8.41. The van der Waals surface area contributed by atoms with Gasteiger partial charge >= 0.3 is 0 Å². The summed E-state index contributed by atoms with van der Waals surface area (Å²) >= 11 is 0. The maximum atomic E-state index is 12.9. The number of anilines is 1. The number of benzene rings is 1. The van der Waals surface area contributed by atoms with E-state index in [9.17, 15) is 4.79 Å². The van der Waals surface area contributed by atoms with Crippen molar-refractivity contribution in [2.45, 2.75) is 18.3 Å². The van der Waals surface area contributed by atoms with Gasteiger partial charge in [0.25, 0.3) is 0 Å². The molecule has 1 aliphatic rings. The molecular weight excluding hydrogens is 348 g/mol. The first-order chi connectivity index (χ1) is 13.2. The van der Waals surface area contributed by atoms with Crippen LogP contribution in [0.15, 0.2) is 64.0 Å². The molecule has 1 amide bonds. The third kappa shape index (κ3) is 2.69. The van der Waals surface area contributed by atoms with Gasteiger partial charge in [-0.25, -0.2) is 4.68 Å². The maximum Gasteiger partial charge on any atom is 0.236 e. The van der Waals surface area contributed by atoms with Crippen molar-refractivity contribution in [2.75, 3.05) is 5.32 Å². The molecule has 134 valence electrons. The van der Waals surface area contributed by atoms with Crippen molar-refractivity contribution in [2.24, 2.45) is 0 Å². The fourth-order valence-corrected chi connectivity index (χ4v) is 2.99. The number of hydrogen-bond acceptors (Lipinski definition) is 7. The monoisotopic (exact) mass is 362 g/mol. The van der Waals surface area contributed by atoms with Crippen LogP contribution in [0.4, 0.5) is 5.69 Å². The van der Waals surface area contributed by atoms with E-state index >= 15 is 0 Å². The summed E-state index contributed by atoms with van der Waals surface area (Å²) in [5.41, 5.74) is 1.47. The lowest BCUT2D eigenvalue weighted by atomic mass is 10.0. The SMILES string of the molecule is O=C(Nc1ccc(-n2cnnn2)cc1)C1(c2cc(-c3ccco3)on2)CC1. The summed E-state index contributed by atoms with van der Waals surface area (Å²) in [5.74, 6) is 1.000. The van der Waals surface area contributed by atoms with Gasteiger partial charge in [-0.2, -0.15) is 0 Å². The summed E-state index contributed by atoms with van der Waals surface area (Å²) in [6.07, 6.45) is 4.53. The van der Waals surface area contributed by atoms with E-state index in [4.69, 9.17) is 8.94 Å². The van der Waals surface area contributed by atoms with Crippen LogP contribution >= 0.6 is 0 Å². The molecule has 0 bridgehead atoms. The lowest BCUT2D eigenvalue weighted by Gasteiger charge is -2.12. The van der Waals surface area contributed by atoms with Gasteiger partial charge in [-0.1, -0.05) is 5.16 Å². The van der Waals surface area contributed by atoms with Crippen LogP contribution in [-0.4, -0.2) is 31.3 Å². The Morgan fingerprint density at radius 1 is 1.15 bits per heavy atom. The predicted octanol–water partition coefficient (Wildman–Crippen LogP) is 2.58. The number of rotatable bonds is 5. The molecule has 27 heavy (non-hydrogen) atoms. The van der Waals surface area contributed by atoms with Crippen molar-refractivity contribution in [1.29, 1.82) is 0 Å². The van der Waals surface area contributed by atoms with E-state index in [1.807, 2.05) is 24.3 Å². The van der Waals surface area contributed by atoms with E-state index in [-0.39, 0.29) is 5.91 Å². The summed E-state index contributed by atoms with van der Waals surface area (Å²) in [7, 11) is 0. The lowest BCUT2D eigenvalue weighted by Crippen LogP contribution is -2.28. The van der Waals surface area contributed by atoms with E-state index in [0.717, 1.165) is 18.5 Å². The molecule has 1 N–H and O–H groups in total. The smallest absolute Gasteiger partial charge is 0.236 e. The minimum absolute atomic E-state index is 0.100. The van der Waals surface area contributed by atoms with E-state index in [1.165, 1.54) is 6.33 Å². The number of tetrazole rings is 1. The Labute approximate surface area is 153 Å². The van der Waals surface area contributed by atoms with Crippen LogP contribution in [0.2, 0.25) is 0 Å². The van der Waals surface area contributed by atoms with Crippen molar-refractivity contribution >= 4 is 11.6 Å². The zero-order valence-corrected chi connectivity index (χ0v) is 14.1. The van der Waals surface area contributed by atoms with Gasteiger partial charge in [0.15, 0.2) is 5.76 Å². The summed E-state index contributed by atoms with van der Waals surface area (Å²) < 4.78 is 12.2. The minimum atomic E-state index is -0.650. The van der Waals surface area contributed by atoms with Crippen molar-refractivity contribution in [3.05, 3.63) is 60.7 Å². The quantitative estimate of drug-likeness (QED) is 0.580. The van der Waals surface area contributed by atoms with Crippen LogP contribution in [0.25, 0.3) is 17.2 Å². The highest BCUT2D eigenvalue weighted by Gasteiger charge is 2.54. The van der Waals surface area contributed by atoms with Gasteiger partial charge in [-0.3, -0.25) is 4.79 Å². The lowest BCUT2D eigenvalue weighted by molar-refractivity contribution is -0.118. The zero-order valence-electron chi connectivity index (χ0n) is 14.1. The largest absolute Gasteiger partial charge is 0.461 e. The van der Waals surface area contributed by atoms with Crippen molar-refractivity contribution in [3.8, 4) is 17.2 Å². The van der Waals surface area contributed by atoms with Crippen LogP contribution in [0.3, 0.4) is 0 Å². The van der Waals surface area contributed by atoms with Crippen molar-refractivity contribution < 1.29 is 13.7 Å². The summed E-state index contributed by atoms with van der Waals surface area (Å²) in [4.78, 5) is 12.9. The van der Waals surface area contributed by atoms with Gasteiger partial charge in [-0.15, -0.1) is 5.10 Å². The number of aromatic nitrogens is 5. The zero-order chi connectivity index (χ0) is 18.3. The second kappa shape index (κ2) is 5.90. The van der Waals surface area contributed by atoms with Crippen molar-refractivity contribution in [3.63, 3.8) is 0 Å². The van der Waals surface area contributed by atoms with Crippen LogP contribution in [0, 0.1) is 0 Å². The summed E-state index contributed by atoms with van der Waals surface area (Å²) in [6, 6.07) is 12.6. The number of nitrogens with one attached hydrogen (secondary N) is 1. The molecule has 1 aliphatic carbocycles. The second-order valence-corrected chi connectivity index (χ2v) is 6.39. The molecule has 3 aromatic heterocycles. The van der Waals surface area contributed by atoms with Gasteiger partial charge in [0, 0.05) is 11.8 Å². The normalized spacial score (nSPS) is 14.8. The van der Waals surface area contributed by atoms with Crippen molar-refractivity contribution in [1.82, 2.24) is 25.4 Å². The van der Waals surface area contributed by atoms with E-state index in [1.54, 1.807) is 29.1 Å². The minimum Gasteiger partial charge on any atom is -0.461 e. The number of hydrogen-bond donors (Lipinski definition) is 1. The van der Waals surface area contributed by atoms with Crippen LogP contribution in [-0.2, 0) is 10.2 Å². The molecule has 0 aliphatic heterocycles. The highest BCUT2D eigenvalue weighted by atomic mass is 16.5. The van der Waals surface area contributed by atoms with E-state index in [2.05, 4.69) is 26.0 Å². The third-order valence-electron chi connectivity index (χ3n) is 4.69. The van der Waals surface area contributed by atoms with Crippen LogP contribution in [0.1, 0.15) is 18.5 Å². The number of carbonyl (C=O) groups excluding carboxylic acids is 1. The molecule has 0 spiro atoms. The molecular formula is C18H14N6O3. The second-order valence-electron chi connectivity index (χ2n) is 6.39. The third-order valence-corrected chi connectivity index (χ3v) is 4.69. The Balaban J connectivity index is 1.33. The molecule has 0 saturated heterocycles. The summed E-state index contributed by atoms with van der Waals surface area (Å²) in [6.45, 7) is 0. The molecule has 3 heterocycles. The molecule has 4 aromatic rings. The molecule has 1 fully saturated rings. The average molecular weight is 362 g/mol. The molecule has 5 rings (SSSR count). The predicted molar refractivity (Wildman–Crippen MR) is 92.9 cm³/mol. The molecule has 9 nitrogen and oxygen atoms in total. The molecule has 1 aromatic carbocycles. The summed E-state index contributed by atoms with van der Waals surface area (Å²) in [5, 5.41) is 18.1. The Morgan fingerprint density at radius 3 is 2.67 bits per heavy atom. The number of amides is 1. The Bertz CT molecular complexity index is 1060. The molecule has 9 heteroatoms. The Kier molecular flexibility index (Phi) is 3.39. The highest BCUT2D eigenvalue weighted by molar-refractivity contribution is 6.01. The van der Waals surface area contributed by atoms with Gasteiger partial charge in [0.2, 0.25) is 11.7 Å². The highest BCUT2D eigenvalue weighted by Crippen LogP contribution is 2.49. The number of nitrogens with zero attached hydrogens (tertiary/aromatic N) is 5. The van der Waals surface area contributed by atoms with Crippen LogP contribution < -0.4 is 5.32 Å². The first-order valence-electron chi connectivity index (χ1n) is 8.41. The Hall–Kier alpha value is -3.75. The van der Waals surface area contributed by atoms with E-state index in [0.29, 0.717) is 22.9 Å². The Morgan fingerprint density at radius 2 is 2.00 bits per heavy atom. The van der Waals surface area contributed by atoms with Gasteiger partial charge in [0.05, 0.1) is 23.1 Å². The first kappa shape index (κ1) is 15.5. The number of furan rings is 1. The molecule has 0 atom stereocenters. The standard InChI is InChI=1S/C18H14N6O3/c25-17(20-12-3-5-13(6-4-12)24-11-19-22-23-24)18(7-8-18)16-10-15(27-21-16)14-2-1-9-26-14/h1-6,9-11H,7-8H2,(H,20,25). The van der Waals surface area contributed by atoms with E-state index < -0.39 is 5.41 Å². The topological polar surface area (TPSA) is 112 Å². The maximum absolute atomic E-state index is 12.9. The molecule has 1 saturated carbocycles. The fourth-order valence-electron chi connectivity index (χ4n) is 2.99. The van der Waals surface area contributed by atoms with Gasteiger partial charge in [-0.05, 0) is 59.7 Å².